The maximum atomic E-state index is 11.4. The van der Waals surface area contributed by atoms with Gasteiger partial charge in [-0.15, -0.1) is 11.3 Å². The number of anilines is 1. The van der Waals surface area contributed by atoms with Crippen LogP contribution >= 0.6 is 11.3 Å². The second-order valence-corrected chi connectivity index (χ2v) is 5.33. The van der Waals surface area contributed by atoms with E-state index in [1.54, 1.807) is 0 Å². The van der Waals surface area contributed by atoms with E-state index in [9.17, 15) is 4.79 Å². The molecule has 90 valence electrons. The van der Waals surface area contributed by atoms with Crippen molar-refractivity contribution in [2.45, 2.75) is 33.1 Å². The summed E-state index contributed by atoms with van der Waals surface area (Å²) in [7, 11) is 0. The number of aromatic nitrogens is 1. The summed E-state index contributed by atoms with van der Waals surface area (Å²) in [5.41, 5.74) is 1.00. The number of nitrogens with zero attached hydrogens (tertiary/aromatic N) is 1. The number of thiazole rings is 1. The molecule has 1 N–H and O–H groups in total. The first kappa shape index (κ1) is 13.1. The van der Waals surface area contributed by atoms with E-state index in [2.05, 4.69) is 31.1 Å². The molecule has 1 heterocycles. The fourth-order valence-electron chi connectivity index (χ4n) is 1.03. The van der Waals surface area contributed by atoms with E-state index in [0.717, 1.165) is 5.69 Å². The van der Waals surface area contributed by atoms with Crippen molar-refractivity contribution in [3.05, 3.63) is 11.1 Å². The molecule has 0 spiro atoms. The molecule has 16 heavy (non-hydrogen) atoms. The van der Waals surface area contributed by atoms with Crippen molar-refractivity contribution in [3.8, 4) is 0 Å². The van der Waals surface area contributed by atoms with Crippen LogP contribution in [0.1, 0.15) is 33.4 Å². The molecule has 4 nitrogen and oxygen atoms in total. The van der Waals surface area contributed by atoms with Crippen LogP contribution in [0.15, 0.2) is 5.38 Å². The van der Waals surface area contributed by atoms with Gasteiger partial charge in [0.15, 0.2) is 5.13 Å². The Morgan fingerprint density at radius 2 is 2.25 bits per heavy atom. The molecular weight excluding hydrogens is 224 g/mol. The van der Waals surface area contributed by atoms with Gasteiger partial charge in [0.05, 0.1) is 5.69 Å². The minimum Gasteiger partial charge on any atom is -0.372 e. The van der Waals surface area contributed by atoms with Crippen molar-refractivity contribution in [2.75, 3.05) is 18.5 Å². The third-order valence-electron chi connectivity index (χ3n) is 1.96. The molecule has 0 aliphatic rings. The van der Waals surface area contributed by atoms with Crippen molar-refractivity contribution >= 4 is 22.4 Å². The monoisotopic (exact) mass is 242 g/mol. The lowest BCUT2D eigenvalue weighted by atomic mass is 9.93. The molecule has 1 amide bonds. The zero-order valence-electron chi connectivity index (χ0n) is 10.2. The van der Waals surface area contributed by atoms with Crippen LogP contribution in [0, 0.1) is 0 Å². The standard InChI is InChI=1S/C11H18N2O2S/c1-5-15-6-9(14)13-10-12-8(7-16-10)11(2,3)4/h7H,5-6H2,1-4H3,(H,12,13,14). The Morgan fingerprint density at radius 1 is 1.56 bits per heavy atom. The molecule has 1 rings (SSSR count). The van der Waals surface area contributed by atoms with Gasteiger partial charge in [0.2, 0.25) is 0 Å². The first-order valence-corrected chi connectivity index (χ1v) is 6.15. The normalized spacial score (nSPS) is 11.5. The van der Waals surface area contributed by atoms with Crippen LogP contribution in [0.3, 0.4) is 0 Å². The van der Waals surface area contributed by atoms with Crippen molar-refractivity contribution in [1.29, 1.82) is 0 Å². The smallest absolute Gasteiger partial charge is 0.252 e. The molecule has 0 atom stereocenters. The van der Waals surface area contributed by atoms with Gasteiger partial charge < -0.3 is 4.74 Å². The molecule has 0 aliphatic carbocycles. The van der Waals surface area contributed by atoms with Crippen LogP contribution in [0.2, 0.25) is 0 Å². The number of hydrogen-bond acceptors (Lipinski definition) is 4. The quantitative estimate of drug-likeness (QED) is 0.882. The largest absolute Gasteiger partial charge is 0.372 e. The molecular formula is C11H18N2O2S. The lowest BCUT2D eigenvalue weighted by molar-refractivity contribution is -0.120. The molecule has 0 saturated heterocycles. The maximum Gasteiger partial charge on any atom is 0.252 e. The van der Waals surface area contributed by atoms with Crippen LogP contribution in [0.25, 0.3) is 0 Å². The Balaban J connectivity index is 2.56. The molecule has 1 aromatic rings. The molecule has 0 aromatic carbocycles. The molecule has 0 aliphatic heterocycles. The Labute approximate surface area is 100 Å². The maximum absolute atomic E-state index is 11.4. The fourth-order valence-corrected chi connectivity index (χ4v) is 1.98. The first-order chi connectivity index (χ1) is 7.43. The predicted molar refractivity (Wildman–Crippen MR) is 65.9 cm³/mol. The van der Waals surface area contributed by atoms with Gasteiger partial charge in [0.1, 0.15) is 6.61 Å². The topological polar surface area (TPSA) is 51.2 Å². The Morgan fingerprint density at radius 3 is 2.75 bits per heavy atom. The van der Waals surface area contributed by atoms with Crippen molar-refractivity contribution < 1.29 is 9.53 Å². The predicted octanol–water partition coefficient (Wildman–Crippen LogP) is 2.42. The lowest BCUT2D eigenvalue weighted by Gasteiger charge is -2.14. The van der Waals surface area contributed by atoms with Gasteiger partial charge in [-0.2, -0.15) is 0 Å². The van der Waals surface area contributed by atoms with Gasteiger partial charge in [0, 0.05) is 17.4 Å². The molecule has 0 fully saturated rings. The van der Waals surface area contributed by atoms with Crippen LogP contribution in [-0.2, 0) is 14.9 Å². The second-order valence-electron chi connectivity index (χ2n) is 4.47. The Hall–Kier alpha value is -0.940. The van der Waals surface area contributed by atoms with Crippen molar-refractivity contribution in [1.82, 2.24) is 4.98 Å². The van der Waals surface area contributed by atoms with E-state index in [-0.39, 0.29) is 17.9 Å². The number of amides is 1. The third-order valence-corrected chi connectivity index (χ3v) is 2.71. The van der Waals surface area contributed by atoms with E-state index >= 15 is 0 Å². The van der Waals surface area contributed by atoms with Gasteiger partial charge in [-0.3, -0.25) is 10.1 Å². The number of nitrogens with one attached hydrogen (secondary N) is 1. The zero-order valence-corrected chi connectivity index (χ0v) is 11.0. The zero-order chi connectivity index (χ0) is 12.2. The van der Waals surface area contributed by atoms with Gasteiger partial charge in [-0.05, 0) is 6.92 Å². The summed E-state index contributed by atoms with van der Waals surface area (Å²) < 4.78 is 5.01. The Bertz CT molecular complexity index is 355. The van der Waals surface area contributed by atoms with E-state index in [0.29, 0.717) is 11.7 Å². The molecule has 1 aromatic heterocycles. The number of rotatable bonds is 4. The number of hydrogen-bond donors (Lipinski definition) is 1. The van der Waals surface area contributed by atoms with E-state index in [1.807, 2.05) is 12.3 Å². The van der Waals surface area contributed by atoms with Crippen LogP contribution < -0.4 is 5.32 Å². The average molecular weight is 242 g/mol. The minimum atomic E-state index is -0.156. The van der Waals surface area contributed by atoms with Crippen LogP contribution in [-0.4, -0.2) is 24.1 Å². The van der Waals surface area contributed by atoms with Crippen molar-refractivity contribution in [3.63, 3.8) is 0 Å². The number of ether oxygens (including phenoxy) is 1. The highest BCUT2D eigenvalue weighted by molar-refractivity contribution is 7.13. The van der Waals surface area contributed by atoms with Crippen molar-refractivity contribution in [2.24, 2.45) is 0 Å². The highest BCUT2D eigenvalue weighted by Gasteiger charge is 2.17. The second kappa shape index (κ2) is 5.41. The highest BCUT2D eigenvalue weighted by atomic mass is 32.1. The lowest BCUT2D eigenvalue weighted by Crippen LogP contribution is -2.18. The number of carbonyl (C=O) groups excluding carboxylic acids is 1. The minimum absolute atomic E-state index is 0.0133. The summed E-state index contributed by atoms with van der Waals surface area (Å²) >= 11 is 1.44. The summed E-state index contributed by atoms with van der Waals surface area (Å²) in [6, 6.07) is 0. The average Bonchev–Trinajstić information content (AvgIpc) is 2.62. The fraction of sp³-hybridized carbons (Fsp3) is 0.636. The molecule has 0 bridgehead atoms. The van der Waals surface area contributed by atoms with E-state index < -0.39 is 0 Å². The molecule has 0 radical (unpaired) electrons. The van der Waals surface area contributed by atoms with E-state index in [4.69, 9.17) is 4.74 Å². The summed E-state index contributed by atoms with van der Waals surface area (Å²) in [6.45, 7) is 8.75. The summed E-state index contributed by atoms with van der Waals surface area (Å²) in [5, 5.41) is 5.32. The van der Waals surface area contributed by atoms with Crippen LogP contribution in [0.4, 0.5) is 5.13 Å². The summed E-state index contributed by atoms with van der Waals surface area (Å²) in [4.78, 5) is 15.7. The van der Waals surface area contributed by atoms with E-state index in [1.165, 1.54) is 11.3 Å². The molecule has 0 saturated carbocycles. The summed E-state index contributed by atoms with van der Waals surface area (Å²) in [5.74, 6) is -0.156. The first-order valence-electron chi connectivity index (χ1n) is 5.27. The number of carbonyl (C=O) groups is 1. The molecule has 0 unspecified atom stereocenters. The van der Waals surface area contributed by atoms with Crippen LogP contribution in [0.5, 0.6) is 0 Å². The SMILES string of the molecule is CCOCC(=O)Nc1nc(C(C)(C)C)cs1. The van der Waals surface area contributed by atoms with Gasteiger partial charge >= 0.3 is 0 Å². The van der Waals surface area contributed by atoms with Gasteiger partial charge in [-0.1, -0.05) is 20.8 Å². The highest BCUT2D eigenvalue weighted by Crippen LogP contribution is 2.26. The van der Waals surface area contributed by atoms with Gasteiger partial charge in [-0.25, -0.2) is 4.98 Å². The van der Waals surface area contributed by atoms with Gasteiger partial charge in [0.25, 0.3) is 5.91 Å². The Kier molecular flexibility index (Phi) is 4.44. The molecule has 5 heteroatoms. The summed E-state index contributed by atoms with van der Waals surface area (Å²) in [6.07, 6.45) is 0. The third kappa shape index (κ3) is 3.90.